The number of hydrogen-bond donors (Lipinski definition) is 0. The van der Waals surface area contributed by atoms with E-state index in [1.807, 2.05) is 48.5 Å². The molecule has 7 heterocycles. The Bertz CT molecular complexity index is 1300. The van der Waals surface area contributed by atoms with Gasteiger partial charge in [0.2, 0.25) is 0 Å². The van der Waals surface area contributed by atoms with Crippen molar-refractivity contribution >= 4 is 0 Å². The van der Waals surface area contributed by atoms with Gasteiger partial charge in [-0.15, -0.1) is 0 Å². The van der Waals surface area contributed by atoms with Gasteiger partial charge < -0.3 is 37.9 Å². The van der Waals surface area contributed by atoms with Gasteiger partial charge in [-0.1, -0.05) is 76.2 Å². The van der Waals surface area contributed by atoms with Gasteiger partial charge in [-0.25, -0.2) is 0 Å². The van der Waals surface area contributed by atoms with Crippen LogP contribution in [0.4, 0.5) is 0 Å². The standard InChI is InChI=1S/C42H52O8/c1-41(2)33-5-13-37(14-6-33)47-29-25-43-21-23-45-27-31-49-39-17-9-35(10-18-39)42(3,4)36-11-19-40(20-12-36)50-32-28-46-24-22-44-26-30-48-38-15-7-34(41)8-16-38/h5-20H,21-32H2,1-4H3. The number of hydrogen-bond acceptors (Lipinski definition) is 8. The fourth-order valence-corrected chi connectivity index (χ4v) is 5.72. The lowest BCUT2D eigenvalue weighted by Crippen LogP contribution is -2.19. The van der Waals surface area contributed by atoms with E-state index in [9.17, 15) is 0 Å². The first-order valence-electron chi connectivity index (χ1n) is 17.6. The van der Waals surface area contributed by atoms with E-state index in [4.69, 9.17) is 37.9 Å². The molecule has 0 saturated heterocycles. The van der Waals surface area contributed by atoms with E-state index >= 15 is 0 Å². The molecule has 0 N–H and O–H groups in total. The zero-order valence-electron chi connectivity index (χ0n) is 30.0. The lowest BCUT2D eigenvalue weighted by molar-refractivity contribution is 0.0273. The Balaban J connectivity index is 1.13. The van der Waals surface area contributed by atoms with E-state index in [1.165, 1.54) is 22.3 Å². The molecule has 0 saturated carbocycles. The molecule has 4 aromatic rings. The Morgan fingerprint density at radius 1 is 0.280 bits per heavy atom. The van der Waals surface area contributed by atoms with Gasteiger partial charge >= 0.3 is 0 Å². The molecular formula is C42H52O8. The normalized spacial score (nSPS) is 18.5. The minimum atomic E-state index is -0.181. The highest BCUT2D eigenvalue weighted by molar-refractivity contribution is 5.43. The molecule has 0 aliphatic carbocycles. The summed E-state index contributed by atoms with van der Waals surface area (Å²) in [5.41, 5.74) is 4.44. The highest BCUT2D eigenvalue weighted by Gasteiger charge is 2.24. The SMILES string of the molecule is CC1(C)c2ccc(cc2)OCCOCCOCCOc2ccc(cc2)C(C)(C)c2ccc(cc2)OCCOCCOCCOc2ccc1cc2. The van der Waals surface area contributed by atoms with E-state index in [-0.39, 0.29) is 10.8 Å². The molecule has 8 bridgehead atoms. The maximum absolute atomic E-state index is 5.90. The molecule has 8 heteroatoms. The van der Waals surface area contributed by atoms with Crippen LogP contribution >= 0.6 is 0 Å². The highest BCUT2D eigenvalue weighted by atomic mass is 16.6. The van der Waals surface area contributed by atoms with Crippen molar-refractivity contribution < 1.29 is 37.9 Å². The Hall–Kier alpha value is -4.08. The monoisotopic (exact) mass is 684 g/mol. The van der Waals surface area contributed by atoms with Gasteiger partial charge in [-0.3, -0.25) is 0 Å². The van der Waals surface area contributed by atoms with Crippen LogP contribution in [-0.2, 0) is 29.8 Å². The zero-order chi connectivity index (χ0) is 35.1. The molecule has 0 radical (unpaired) electrons. The summed E-state index contributed by atoms with van der Waals surface area (Å²) in [6.45, 7) is 14.7. The van der Waals surface area contributed by atoms with Crippen molar-refractivity contribution in [2.45, 2.75) is 38.5 Å². The summed E-state index contributed by atoms with van der Waals surface area (Å²) < 4.78 is 46.4. The van der Waals surface area contributed by atoms with Gasteiger partial charge in [-0.05, 0) is 70.8 Å². The molecule has 7 aliphatic heterocycles. The molecule has 11 rings (SSSR count). The Morgan fingerprint density at radius 3 is 0.660 bits per heavy atom. The van der Waals surface area contributed by atoms with Crippen LogP contribution < -0.4 is 18.9 Å². The molecule has 0 amide bonds. The summed E-state index contributed by atoms with van der Waals surface area (Å²) in [7, 11) is 0. The molecule has 4 aromatic carbocycles. The first-order chi connectivity index (χ1) is 24.3. The maximum atomic E-state index is 5.90. The molecule has 0 unspecified atom stereocenters. The predicted octanol–water partition coefficient (Wildman–Crippen LogP) is 7.63. The van der Waals surface area contributed by atoms with E-state index < -0.39 is 0 Å². The number of rotatable bonds is 0. The van der Waals surface area contributed by atoms with Gasteiger partial charge in [0.05, 0.1) is 52.9 Å². The second-order valence-electron chi connectivity index (χ2n) is 13.2. The van der Waals surface area contributed by atoms with E-state index in [0.717, 1.165) is 23.0 Å². The summed E-state index contributed by atoms with van der Waals surface area (Å²) in [5.74, 6) is 3.27. The van der Waals surface area contributed by atoms with Gasteiger partial charge in [0.15, 0.2) is 0 Å². The van der Waals surface area contributed by atoms with Crippen LogP contribution in [0.2, 0.25) is 0 Å². The summed E-state index contributed by atoms with van der Waals surface area (Å²) in [6, 6.07) is 33.1. The Kier molecular flexibility index (Phi) is 14.0. The quantitative estimate of drug-likeness (QED) is 0.187. The van der Waals surface area contributed by atoms with Crippen molar-refractivity contribution in [3.05, 3.63) is 119 Å². The highest BCUT2D eigenvalue weighted by Crippen LogP contribution is 2.34. The molecule has 0 aromatic heterocycles. The minimum Gasteiger partial charge on any atom is -0.491 e. The molecule has 0 atom stereocenters. The molecule has 268 valence electrons. The fraction of sp³-hybridized carbons (Fsp3) is 0.429. The maximum Gasteiger partial charge on any atom is 0.119 e. The summed E-state index contributed by atoms with van der Waals surface area (Å²) in [5, 5.41) is 0. The lowest BCUT2D eigenvalue weighted by atomic mass is 9.78. The van der Waals surface area contributed by atoms with E-state index in [0.29, 0.717) is 79.3 Å². The van der Waals surface area contributed by atoms with E-state index in [2.05, 4.69) is 76.2 Å². The lowest BCUT2D eigenvalue weighted by Gasteiger charge is -2.26. The van der Waals surface area contributed by atoms with Crippen molar-refractivity contribution in [2.24, 2.45) is 0 Å². The molecule has 50 heavy (non-hydrogen) atoms. The number of benzene rings is 4. The largest absolute Gasteiger partial charge is 0.491 e. The topological polar surface area (TPSA) is 73.8 Å². The summed E-state index contributed by atoms with van der Waals surface area (Å²) in [6.07, 6.45) is 0. The third kappa shape index (κ3) is 11.0. The van der Waals surface area contributed by atoms with Gasteiger partial charge in [0, 0.05) is 10.8 Å². The second kappa shape index (κ2) is 18.8. The van der Waals surface area contributed by atoms with Crippen molar-refractivity contribution in [1.82, 2.24) is 0 Å². The molecule has 7 aliphatic rings. The summed E-state index contributed by atoms with van der Waals surface area (Å²) >= 11 is 0. The van der Waals surface area contributed by atoms with Crippen molar-refractivity contribution in [1.29, 1.82) is 0 Å². The molecule has 8 nitrogen and oxygen atoms in total. The Morgan fingerprint density at radius 2 is 0.460 bits per heavy atom. The van der Waals surface area contributed by atoms with Gasteiger partial charge in [0.1, 0.15) is 49.4 Å². The average molecular weight is 685 g/mol. The number of ether oxygens (including phenoxy) is 8. The van der Waals surface area contributed by atoms with Crippen molar-refractivity contribution in [3.8, 4) is 23.0 Å². The van der Waals surface area contributed by atoms with Gasteiger partial charge in [0.25, 0.3) is 0 Å². The first kappa shape index (κ1) is 37.2. The van der Waals surface area contributed by atoms with Crippen LogP contribution in [-0.4, -0.2) is 79.3 Å². The van der Waals surface area contributed by atoms with E-state index in [1.54, 1.807) is 0 Å². The predicted molar refractivity (Wildman–Crippen MR) is 195 cm³/mol. The van der Waals surface area contributed by atoms with Crippen LogP contribution in [0.5, 0.6) is 23.0 Å². The minimum absolute atomic E-state index is 0.181. The molecule has 0 spiro atoms. The third-order valence-electron chi connectivity index (χ3n) is 9.03. The van der Waals surface area contributed by atoms with Crippen LogP contribution in [0.1, 0.15) is 49.9 Å². The van der Waals surface area contributed by atoms with Crippen LogP contribution in [0.3, 0.4) is 0 Å². The fourth-order valence-electron chi connectivity index (χ4n) is 5.72. The zero-order valence-corrected chi connectivity index (χ0v) is 30.0. The van der Waals surface area contributed by atoms with Crippen LogP contribution in [0.25, 0.3) is 0 Å². The van der Waals surface area contributed by atoms with Crippen molar-refractivity contribution in [2.75, 3.05) is 79.3 Å². The molecule has 0 fully saturated rings. The average Bonchev–Trinajstić information content (AvgIpc) is 3.13. The van der Waals surface area contributed by atoms with Gasteiger partial charge in [-0.2, -0.15) is 0 Å². The van der Waals surface area contributed by atoms with Crippen molar-refractivity contribution in [3.63, 3.8) is 0 Å². The summed E-state index contributed by atoms with van der Waals surface area (Å²) in [4.78, 5) is 0. The smallest absolute Gasteiger partial charge is 0.119 e. The third-order valence-corrected chi connectivity index (χ3v) is 9.03. The Labute approximate surface area is 297 Å². The molecular weight excluding hydrogens is 632 g/mol. The van der Waals surface area contributed by atoms with Crippen LogP contribution in [0.15, 0.2) is 97.1 Å². The second-order valence-corrected chi connectivity index (χ2v) is 13.2. The first-order valence-corrected chi connectivity index (χ1v) is 17.6. The van der Waals surface area contributed by atoms with Crippen LogP contribution in [0, 0.1) is 0 Å².